The van der Waals surface area contributed by atoms with Crippen LogP contribution in [0.25, 0.3) is 0 Å². The zero-order chi connectivity index (χ0) is 13.2. The number of amides is 1. The molecule has 19 heavy (non-hydrogen) atoms. The van der Waals surface area contributed by atoms with E-state index in [9.17, 15) is 4.79 Å². The third-order valence-corrected chi connectivity index (χ3v) is 4.58. The average Bonchev–Trinajstić information content (AvgIpc) is 2.84. The van der Waals surface area contributed by atoms with Gasteiger partial charge in [0, 0.05) is 18.0 Å². The molecular formula is C15H16N2OS. The van der Waals surface area contributed by atoms with Crippen molar-refractivity contribution in [2.75, 3.05) is 6.54 Å². The van der Waals surface area contributed by atoms with Gasteiger partial charge in [-0.05, 0) is 24.5 Å². The average molecular weight is 272 g/mol. The lowest BCUT2D eigenvalue weighted by molar-refractivity contribution is -0.131. The number of thiazole rings is 1. The van der Waals surface area contributed by atoms with Gasteiger partial charge in [-0.3, -0.25) is 4.79 Å². The highest BCUT2D eigenvalue weighted by Crippen LogP contribution is 2.20. The molecule has 1 amide bonds. The molecule has 0 aliphatic carbocycles. The molecule has 98 valence electrons. The number of rotatable bonds is 2. The van der Waals surface area contributed by atoms with Crippen LogP contribution in [0.2, 0.25) is 0 Å². The Kier molecular flexibility index (Phi) is 3.34. The number of hydrogen-bond acceptors (Lipinski definition) is 3. The van der Waals surface area contributed by atoms with Gasteiger partial charge in [0.25, 0.3) is 0 Å². The van der Waals surface area contributed by atoms with E-state index in [2.05, 4.69) is 23.2 Å². The Labute approximate surface area is 116 Å². The van der Waals surface area contributed by atoms with E-state index in [0.717, 1.165) is 30.1 Å². The molecule has 0 saturated heterocycles. The summed E-state index contributed by atoms with van der Waals surface area (Å²) in [6.07, 6.45) is 1.45. The third kappa shape index (κ3) is 2.54. The van der Waals surface area contributed by atoms with Crippen molar-refractivity contribution in [1.29, 1.82) is 0 Å². The van der Waals surface area contributed by atoms with Crippen LogP contribution in [0.3, 0.4) is 0 Å². The Balaban J connectivity index is 1.71. The quantitative estimate of drug-likeness (QED) is 0.842. The van der Waals surface area contributed by atoms with Gasteiger partial charge in [0.2, 0.25) is 5.91 Å². The van der Waals surface area contributed by atoms with Crippen molar-refractivity contribution in [1.82, 2.24) is 9.88 Å². The van der Waals surface area contributed by atoms with E-state index in [1.807, 2.05) is 23.4 Å². The third-order valence-electron chi connectivity index (χ3n) is 3.64. The van der Waals surface area contributed by atoms with Gasteiger partial charge in [-0.15, -0.1) is 11.3 Å². The van der Waals surface area contributed by atoms with E-state index in [0.29, 0.717) is 6.42 Å². The minimum Gasteiger partial charge on any atom is -0.338 e. The maximum Gasteiger partial charge on any atom is 0.228 e. The van der Waals surface area contributed by atoms with Crippen molar-refractivity contribution >= 4 is 17.2 Å². The highest BCUT2D eigenvalue weighted by molar-refractivity contribution is 7.09. The molecular weight excluding hydrogens is 256 g/mol. The lowest BCUT2D eigenvalue weighted by atomic mass is 10.00. The standard InChI is InChI=1S/C15H16N2OS/c1-11-14(19-10-16-11)8-15(18)17-7-6-12-4-2-3-5-13(12)9-17/h2-5,10H,6-9H2,1H3. The number of carbonyl (C=O) groups is 1. The molecule has 2 aromatic rings. The van der Waals surface area contributed by atoms with Gasteiger partial charge in [0.15, 0.2) is 0 Å². The van der Waals surface area contributed by atoms with Crippen molar-refractivity contribution < 1.29 is 4.79 Å². The number of nitrogens with zero attached hydrogens (tertiary/aromatic N) is 2. The molecule has 2 heterocycles. The summed E-state index contributed by atoms with van der Waals surface area (Å²) in [5.41, 5.74) is 5.45. The molecule has 0 saturated carbocycles. The van der Waals surface area contributed by atoms with Gasteiger partial charge in [0.05, 0.1) is 17.6 Å². The summed E-state index contributed by atoms with van der Waals surface area (Å²) in [6, 6.07) is 8.38. The second-order valence-electron chi connectivity index (χ2n) is 4.87. The fraction of sp³-hybridized carbons (Fsp3) is 0.333. The Bertz CT molecular complexity index is 606. The van der Waals surface area contributed by atoms with Crippen LogP contribution in [0, 0.1) is 6.92 Å². The number of aryl methyl sites for hydroxylation is 1. The summed E-state index contributed by atoms with van der Waals surface area (Å²) >= 11 is 1.57. The number of benzene rings is 1. The van der Waals surface area contributed by atoms with Crippen LogP contribution in [0.5, 0.6) is 0 Å². The minimum absolute atomic E-state index is 0.210. The lowest BCUT2D eigenvalue weighted by Gasteiger charge is -2.28. The molecule has 1 aliphatic heterocycles. The van der Waals surface area contributed by atoms with Gasteiger partial charge in [-0.2, -0.15) is 0 Å². The first kappa shape index (κ1) is 12.4. The van der Waals surface area contributed by atoms with E-state index in [1.54, 1.807) is 11.3 Å². The zero-order valence-electron chi connectivity index (χ0n) is 10.9. The first-order valence-electron chi connectivity index (χ1n) is 6.47. The van der Waals surface area contributed by atoms with Crippen LogP contribution < -0.4 is 0 Å². The normalized spacial score (nSPS) is 14.3. The highest BCUT2D eigenvalue weighted by Gasteiger charge is 2.21. The number of fused-ring (bicyclic) bond motifs is 1. The summed E-state index contributed by atoms with van der Waals surface area (Å²) < 4.78 is 0. The van der Waals surface area contributed by atoms with E-state index in [1.165, 1.54) is 11.1 Å². The van der Waals surface area contributed by atoms with E-state index >= 15 is 0 Å². The predicted octanol–water partition coefficient (Wildman–Crippen LogP) is 2.58. The molecule has 1 aromatic carbocycles. The Morgan fingerprint density at radius 1 is 1.37 bits per heavy atom. The van der Waals surface area contributed by atoms with Gasteiger partial charge in [0.1, 0.15) is 0 Å². The molecule has 3 nitrogen and oxygen atoms in total. The molecule has 0 spiro atoms. The van der Waals surface area contributed by atoms with Crippen LogP contribution >= 0.6 is 11.3 Å². The van der Waals surface area contributed by atoms with Gasteiger partial charge < -0.3 is 4.90 Å². The van der Waals surface area contributed by atoms with Crippen molar-refractivity contribution in [3.8, 4) is 0 Å². The van der Waals surface area contributed by atoms with E-state index in [-0.39, 0.29) is 5.91 Å². The Hall–Kier alpha value is -1.68. The molecule has 1 aliphatic rings. The van der Waals surface area contributed by atoms with Crippen molar-refractivity contribution in [2.45, 2.75) is 26.3 Å². The van der Waals surface area contributed by atoms with Gasteiger partial charge >= 0.3 is 0 Å². The fourth-order valence-corrected chi connectivity index (χ4v) is 3.22. The smallest absolute Gasteiger partial charge is 0.228 e. The number of hydrogen-bond donors (Lipinski definition) is 0. The zero-order valence-corrected chi connectivity index (χ0v) is 11.7. The number of aromatic nitrogens is 1. The van der Waals surface area contributed by atoms with E-state index in [4.69, 9.17) is 0 Å². The maximum absolute atomic E-state index is 12.3. The van der Waals surface area contributed by atoms with Crippen LogP contribution in [0.4, 0.5) is 0 Å². The predicted molar refractivity (Wildman–Crippen MR) is 76.1 cm³/mol. The van der Waals surface area contributed by atoms with Crippen LogP contribution in [-0.4, -0.2) is 22.3 Å². The first-order valence-corrected chi connectivity index (χ1v) is 7.35. The molecule has 1 aromatic heterocycles. The molecule has 0 N–H and O–H groups in total. The summed E-state index contributed by atoms with van der Waals surface area (Å²) in [5.74, 6) is 0.210. The largest absolute Gasteiger partial charge is 0.338 e. The van der Waals surface area contributed by atoms with Crippen LogP contribution in [-0.2, 0) is 24.2 Å². The fourth-order valence-electron chi connectivity index (χ4n) is 2.45. The molecule has 0 fully saturated rings. The van der Waals surface area contributed by atoms with Crippen molar-refractivity contribution in [2.24, 2.45) is 0 Å². The van der Waals surface area contributed by atoms with Crippen LogP contribution in [0.15, 0.2) is 29.8 Å². The highest BCUT2D eigenvalue weighted by atomic mass is 32.1. The minimum atomic E-state index is 0.210. The van der Waals surface area contributed by atoms with Crippen molar-refractivity contribution in [3.63, 3.8) is 0 Å². The number of carbonyl (C=O) groups excluding carboxylic acids is 1. The van der Waals surface area contributed by atoms with Crippen molar-refractivity contribution in [3.05, 3.63) is 51.5 Å². The topological polar surface area (TPSA) is 33.2 Å². The molecule has 0 bridgehead atoms. The summed E-state index contributed by atoms with van der Waals surface area (Å²) in [4.78, 5) is 19.6. The summed E-state index contributed by atoms with van der Waals surface area (Å²) in [5, 5.41) is 0. The second-order valence-corrected chi connectivity index (χ2v) is 5.81. The van der Waals surface area contributed by atoms with Gasteiger partial charge in [-0.1, -0.05) is 24.3 Å². The molecule has 0 unspecified atom stereocenters. The maximum atomic E-state index is 12.3. The summed E-state index contributed by atoms with van der Waals surface area (Å²) in [6.45, 7) is 3.53. The molecule has 0 radical (unpaired) electrons. The van der Waals surface area contributed by atoms with E-state index < -0.39 is 0 Å². The SMILES string of the molecule is Cc1ncsc1CC(=O)N1CCc2ccccc2C1. The molecule has 4 heteroatoms. The Morgan fingerprint density at radius 2 is 2.16 bits per heavy atom. The van der Waals surface area contributed by atoms with Gasteiger partial charge in [-0.25, -0.2) is 4.98 Å². The second kappa shape index (κ2) is 5.13. The Morgan fingerprint density at radius 3 is 2.89 bits per heavy atom. The first-order chi connectivity index (χ1) is 9.24. The lowest BCUT2D eigenvalue weighted by Crippen LogP contribution is -2.36. The monoisotopic (exact) mass is 272 g/mol. The molecule has 0 atom stereocenters. The summed E-state index contributed by atoms with van der Waals surface area (Å²) in [7, 11) is 0. The van der Waals surface area contributed by atoms with Crippen LogP contribution in [0.1, 0.15) is 21.7 Å². The molecule has 3 rings (SSSR count).